The van der Waals surface area contributed by atoms with Crippen LogP contribution >= 0.6 is 0 Å². The molecule has 0 saturated carbocycles. The molecule has 90 valence electrons. The van der Waals surface area contributed by atoms with E-state index in [9.17, 15) is 0 Å². The SMILES string of the molecule is Cc1n[nH]c(C)c1-c1ccc(-n2ccnc2)nn1. The Morgan fingerprint density at radius 2 is 2.06 bits per heavy atom. The van der Waals surface area contributed by atoms with E-state index >= 15 is 0 Å². The van der Waals surface area contributed by atoms with Crippen LogP contribution in [0.3, 0.4) is 0 Å². The standard InChI is InChI=1S/C12H12N6/c1-8-12(9(2)15-14-8)10-3-4-11(17-16-10)18-6-5-13-7-18/h3-7H,1-2H3,(H,14,15). The van der Waals surface area contributed by atoms with E-state index in [1.807, 2.05) is 36.7 Å². The quantitative estimate of drug-likeness (QED) is 0.739. The van der Waals surface area contributed by atoms with Crippen molar-refractivity contribution in [2.24, 2.45) is 0 Å². The number of aromatic amines is 1. The Morgan fingerprint density at radius 1 is 1.17 bits per heavy atom. The fraction of sp³-hybridized carbons (Fsp3) is 0.167. The third-order valence-electron chi connectivity index (χ3n) is 2.80. The van der Waals surface area contributed by atoms with Gasteiger partial charge in [0.25, 0.3) is 0 Å². The minimum Gasteiger partial charge on any atom is -0.289 e. The molecule has 0 amide bonds. The molecule has 0 aromatic carbocycles. The maximum Gasteiger partial charge on any atom is 0.160 e. The van der Waals surface area contributed by atoms with Gasteiger partial charge in [0.1, 0.15) is 6.33 Å². The maximum atomic E-state index is 4.24. The van der Waals surface area contributed by atoms with Gasteiger partial charge in [-0.2, -0.15) is 5.10 Å². The number of nitrogens with one attached hydrogen (secondary N) is 1. The Bertz CT molecular complexity index is 631. The summed E-state index contributed by atoms with van der Waals surface area (Å²) >= 11 is 0. The largest absolute Gasteiger partial charge is 0.289 e. The van der Waals surface area contributed by atoms with Crippen LogP contribution in [0.2, 0.25) is 0 Å². The molecule has 3 heterocycles. The van der Waals surface area contributed by atoms with Crippen molar-refractivity contribution >= 4 is 0 Å². The predicted molar refractivity (Wildman–Crippen MR) is 66.2 cm³/mol. The molecule has 6 nitrogen and oxygen atoms in total. The molecule has 0 radical (unpaired) electrons. The van der Waals surface area contributed by atoms with Crippen LogP contribution < -0.4 is 0 Å². The van der Waals surface area contributed by atoms with Crippen LogP contribution in [0.25, 0.3) is 17.1 Å². The average molecular weight is 240 g/mol. The van der Waals surface area contributed by atoms with Crippen molar-refractivity contribution in [1.29, 1.82) is 0 Å². The Labute approximate surface area is 104 Å². The van der Waals surface area contributed by atoms with E-state index in [0.717, 1.165) is 28.5 Å². The molecular weight excluding hydrogens is 228 g/mol. The molecule has 6 heteroatoms. The van der Waals surface area contributed by atoms with Gasteiger partial charge in [0.15, 0.2) is 5.82 Å². The molecule has 0 fully saturated rings. The molecule has 0 bridgehead atoms. The molecule has 0 spiro atoms. The van der Waals surface area contributed by atoms with Crippen molar-refractivity contribution in [2.75, 3.05) is 0 Å². The van der Waals surface area contributed by atoms with E-state index in [1.165, 1.54) is 0 Å². The van der Waals surface area contributed by atoms with E-state index in [2.05, 4.69) is 25.4 Å². The fourth-order valence-corrected chi connectivity index (χ4v) is 1.92. The molecule has 1 N–H and O–H groups in total. The summed E-state index contributed by atoms with van der Waals surface area (Å²) in [6, 6.07) is 3.85. The van der Waals surface area contributed by atoms with Crippen molar-refractivity contribution in [2.45, 2.75) is 13.8 Å². The summed E-state index contributed by atoms with van der Waals surface area (Å²) in [5.74, 6) is 0.745. The summed E-state index contributed by atoms with van der Waals surface area (Å²) in [5, 5.41) is 15.5. The van der Waals surface area contributed by atoms with Crippen LogP contribution in [0.15, 0.2) is 30.9 Å². The summed E-state index contributed by atoms with van der Waals surface area (Å²) < 4.78 is 1.81. The van der Waals surface area contributed by atoms with Crippen molar-refractivity contribution in [3.8, 4) is 17.1 Å². The Morgan fingerprint density at radius 3 is 2.61 bits per heavy atom. The van der Waals surface area contributed by atoms with E-state index in [4.69, 9.17) is 0 Å². The van der Waals surface area contributed by atoms with Crippen LogP contribution in [0.5, 0.6) is 0 Å². The van der Waals surface area contributed by atoms with Gasteiger partial charge in [0.2, 0.25) is 0 Å². The van der Waals surface area contributed by atoms with E-state index in [-0.39, 0.29) is 0 Å². The highest BCUT2D eigenvalue weighted by Gasteiger charge is 2.10. The number of imidazole rings is 1. The van der Waals surface area contributed by atoms with Gasteiger partial charge in [-0.15, -0.1) is 10.2 Å². The molecule has 18 heavy (non-hydrogen) atoms. The van der Waals surface area contributed by atoms with E-state index in [0.29, 0.717) is 0 Å². The summed E-state index contributed by atoms with van der Waals surface area (Å²) in [7, 11) is 0. The molecule has 3 rings (SSSR count). The monoisotopic (exact) mass is 240 g/mol. The van der Waals surface area contributed by atoms with E-state index in [1.54, 1.807) is 12.5 Å². The lowest BCUT2D eigenvalue weighted by molar-refractivity contribution is 0.915. The highest BCUT2D eigenvalue weighted by Crippen LogP contribution is 2.22. The third-order valence-corrected chi connectivity index (χ3v) is 2.80. The topological polar surface area (TPSA) is 72.3 Å². The van der Waals surface area contributed by atoms with Crippen molar-refractivity contribution in [3.63, 3.8) is 0 Å². The maximum absolute atomic E-state index is 4.24. The summed E-state index contributed by atoms with van der Waals surface area (Å²) in [6.45, 7) is 3.92. The molecule has 0 unspecified atom stereocenters. The average Bonchev–Trinajstić information content (AvgIpc) is 3.01. The minimum absolute atomic E-state index is 0.745. The lowest BCUT2D eigenvalue weighted by Crippen LogP contribution is -1.98. The first-order valence-corrected chi connectivity index (χ1v) is 5.59. The zero-order valence-electron chi connectivity index (χ0n) is 10.1. The Kier molecular flexibility index (Phi) is 2.40. The van der Waals surface area contributed by atoms with Crippen molar-refractivity contribution < 1.29 is 0 Å². The second kappa shape index (κ2) is 4.06. The number of hydrogen-bond acceptors (Lipinski definition) is 4. The summed E-state index contributed by atoms with van der Waals surface area (Å²) in [5.41, 5.74) is 3.76. The summed E-state index contributed by atoms with van der Waals surface area (Å²) in [6.07, 6.45) is 5.23. The lowest BCUT2D eigenvalue weighted by Gasteiger charge is -2.02. The fourth-order valence-electron chi connectivity index (χ4n) is 1.92. The molecule has 0 aliphatic rings. The number of nitrogens with zero attached hydrogens (tertiary/aromatic N) is 5. The molecule has 0 saturated heterocycles. The highest BCUT2D eigenvalue weighted by molar-refractivity contribution is 5.64. The first-order chi connectivity index (χ1) is 8.75. The zero-order valence-corrected chi connectivity index (χ0v) is 10.1. The molecule has 3 aromatic heterocycles. The summed E-state index contributed by atoms with van der Waals surface area (Å²) in [4.78, 5) is 3.98. The normalized spacial score (nSPS) is 10.8. The number of H-pyrrole nitrogens is 1. The first-order valence-electron chi connectivity index (χ1n) is 5.59. The number of hydrogen-bond donors (Lipinski definition) is 1. The molecule has 3 aromatic rings. The minimum atomic E-state index is 0.745. The zero-order chi connectivity index (χ0) is 12.5. The van der Waals surface area contributed by atoms with Crippen molar-refractivity contribution in [3.05, 3.63) is 42.2 Å². The Balaban J connectivity index is 2.02. The highest BCUT2D eigenvalue weighted by atomic mass is 15.2. The van der Waals surface area contributed by atoms with Gasteiger partial charge in [-0.05, 0) is 26.0 Å². The number of rotatable bonds is 2. The smallest absolute Gasteiger partial charge is 0.160 e. The van der Waals surface area contributed by atoms with Crippen LogP contribution in [-0.2, 0) is 0 Å². The van der Waals surface area contributed by atoms with Gasteiger partial charge >= 0.3 is 0 Å². The van der Waals surface area contributed by atoms with Gasteiger partial charge in [-0.25, -0.2) is 4.98 Å². The van der Waals surface area contributed by atoms with Gasteiger partial charge in [-0.3, -0.25) is 9.67 Å². The molecule has 0 atom stereocenters. The first kappa shape index (κ1) is 10.6. The van der Waals surface area contributed by atoms with E-state index < -0.39 is 0 Å². The molecule has 0 aliphatic carbocycles. The van der Waals surface area contributed by atoms with Crippen LogP contribution in [0, 0.1) is 13.8 Å². The van der Waals surface area contributed by atoms with Gasteiger partial charge in [0.05, 0.1) is 11.4 Å². The third kappa shape index (κ3) is 1.67. The van der Waals surface area contributed by atoms with Crippen LogP contribution in [0.1, 0.15) is 11.4 Å². The second-order valence-electron chi connectivity index (χ2n) is 4.06. The van der Waals surface area contributed by atoms with Crippen LogP contribution in [-0.4, -0.2) is 29.9 Å². The van der Waals surface area contributed by atoms with Gasteiger partial charge in [0, 0.05) is 23.7 Å². The van der Waals surface area contributed by atoms with Crippen LogP contribution in [0.4, 0.5) is 0 Å². The Hall–Kier alpha value is -2.50. The van der Waals surface area contributed by atoms with Gasteiger partial charge < -0.3 is 0 Å². The number of aromatic nitrogens is 6. The second-order valence-corrected chi connectivity index (χ2v) is 4.06. The van der Waals surface area contributed by atoms with Crippen molar-refractivity contribution in [1.82, 2.24) is 29.9 Å². The molecule has 0 aliphatic heterocycles. The predicted octanol–water partition coefficient (Wildman–Crippen LogP) is 1.67. The molecular formula is C12H12N6. The lowest BCUT2D eigenvalue weighted by atomic mass is 10.1. The van der Waals surface area contributed by atoms with Gasteiger partial charge in [-0.1, -0.05) is 0 Å². The number of aryl methyl sites for hydroxylation is 2.